The van der Waals surface area contributed by atoms with E-state index in [4.69, 9.17) is 14.5 Å². The predicted octanol–water partition coefficient (Wildman–Crippen LogP) is 2.30. The molecule has 0 amide bonds. The van der Waals surface area contributed by atoms with E-state index in [0.29, 0.717) is 6.54 Å². The number of benzene rings is 1. The summed E-state index contributed by atoms with van der Waals surface area (Å²) in [6, 6.07) is 8.66. The van der Waals surface area contributed by atoms with Gasteiger partial charge in [0.05, 0.1) is 33.0 Å². The van der Waals surface area contributed by atoms with E-state index in [2.05, 4.69) is 51.6 Å². The quantitative estimate of drug-likeness (QED) is 0.204. The molecule has 0 unspecified atom stereocenters. The van der Waals surface area contributed by atoms with Crippen LogP contribution in [-0.2, 0) is 22.6 Å². The summed E-state index contributed by atoms with van der Waals surface area (Å²) in [5, 5.41) is 6.88. The first-order valence-electron chi connectivity index (χ1n) is 11.5. The molecule has 176 valence electrons. The lowest BCUT2D eigenvalue weighted by Gasteiger charge is -2.27. The van der Waals surface area contributed by atoms with Gasteiger partial charge in [0.1, 0.15) is 0 Å². The molecule has 0 bridgehead atoms. The second kappa shape index (κ2) is 15.8. The smallest absolute Gasteiger partial charge is 0.191 e. The van der Waals surface area contributed by atoms with Gasteiger partial charge in [-0.05, 0) is 37.4 Å². The molecule has 2 aliphatic heterocycles. The first-order chi connectivity index (χ1) is 14.8. The minimum atomic E-state index is 0. The van der Waals surface area contributed by atoms with Gasteiger partial charge < -0.3 is 20.1 Å². The highest BCUT2D eigenvalue weighted by Gasteiger charge is 2.13. The molecule has 2 heterocycles. The molecular formula is C23H40IN5O2. The van der Waals surface area contributed by atoms with Gasteiger partial charge in [-0.25, -0.2) is 4.99 Å². The minimum absolute atomic E-state index is 0. The average Bonchev–Trinajstić information content (AvgIpc) is 2.79. The van der Waals surface area contributed by atoms with Crippen LogP contribution in [0.25, 0.3) is 0 Å². The topological polar surface area (TPSA) is 61.4 Å². The van der Waals surface area contributed by atoms with Crippen molar-refractivity contribution in [3.8, 4) is 0 Å². The Hall–Kier alpha value is -0.940. The van der Waals surface area contributed by atoms with Crippen LogP contribution in [0.1, 0.15) is 30.9 Å². The number of morpholine rings is 2. The van der Waals surface area contributed by atoms with E-state index in [1.165, 1.54) is 17.5 Å². The fourth-order valence-electron chi connectivity index (χ4n) is 3.86. The fourth-order valence-corrected chi connectivity index (χ4v) is 3.86. The van der Waals surface area contributed by atoms with Crippen LogP contribution < -0.4 is 10.6 Å². The Kier molecular flexibility index (Phi) is 13.4. The maximum atomic E-state index is 5.47. The summed E-state index contributed by atoms with van der Waals surface area (Å²) in [4.78, 5) is 9.81. The molecule has 2 N–H and O–H groups in total. The second-order valence-electron chi connectivity index (χ2n) is 7.94. The summed E-state index contributed by atoms with van der Waals surface area (Å²) in [7, 11) is 0. The standard InChI is InChI=1S/C23H39N5O2.HI/c1-2-24-23(25-9-5-6-10-27-11-15-29-16-12-27)26-19-21-7-3-4-8-22(21)20-28-13-17-30-18-14-28;/h3-4,7-8H,2,5-6,9-20H2,1H3,(H2,24,25,26);1H. The highest BCUT2D eigenvalue weighted by atomic mass is 127. The van der Waals surface area contributed by atoms with E-state index in [9.17, 15) is 0 Å². The van der Waals surface area contributed by atoms with Crippen molar-refractivity contribution in [1.82, 2.24) is 20.4 Å². The molecule has 31 heavy (non-hydrogen) atoms. The molecule has 3 rings (SSSR count). The lowest BCUT2D eigenvalue weighted by Crippen LogP contribution is -2.39. The van der Waals surface area contributed by atoms with Gasteiger partial charge in [-0.3, -0.25) is 9.80 Å². The number of ether oxygens (including phenoxy) is 2. The van der Waals surface area contributed by atoms with Gasteiger partial charge in [0.2, 0.25) is 0 Å². The molecular weight excluding hydrogens is 505 g/mol. The second-order valence-corrected chi connectivity index (χ2v) is 7.94. The summed E-state index contributed by atoms with van der Waals surface area (Å²) in [5.41, 5.74) is 2.66. The van der Waals surface area contributed by atoms with Crippen molar-refractivity contribution in [3.63, 3.8) is 0 Å². The van der Waals surface area contributed by atoms with Crippen molar-refractivity contribution < 1.29 is 9.47 Å². The summed E-state index contributed by atoms with van der Waals surface area (Å²) in [6.45, 7) is 14.3. The number of guanidine groups is 1. The predicted molar refractivity (Wildman–Crippen MR) is 137 cm³/mol. The van der Waals surface area contributed by atoms with E-state index in [-0.39, 0.29) is 24.0 Å². The van der Waals surface area contributed by atoms with E-state index >= 15 is 0 Å². The molecule has 0 spiro atoms. The van der Waals surface area contributed by atoms with Gasteiger partial charge in [0.25, 0.3) is 0 Å². The Morgan fingerprint density at radius 1 is 0.903 bits per heavy atom. The zero-order chi connectivity index (χ0) is 20.9. The third-order valence-electron chi connectivity index (χ3n) is 5.67. The highest BCUT2D eigenvalue weighted by Crippen LogP contribution is 2.14. The molecule has 2 fully saturated rings. The number of hydrogen-bond acceptors (Lipinski definition) is 5. The molecule has 0 aromatic heterocycles. The van der Waals surface area contributed by atoms with Crippen LogP contribution in [-0.4, -0.2) is 88.0 Å². The lowest BCUT2D eigenvalue weighted by atomic mass is 10.1. The Balaban J connectivity index is 0.00000341. The molecule has 0 aliphatic carbocycles. The zero-order valence-corrected chi connectivity index (χ0v) is 21.3. The number of nitrogens with zero attached hydrogens (tertiary/aromatic N) is 3. The normalized spacial score (nSPS) is 18.4. The molecule has 0 radical (unpaired) electrons. The van der Waals surface area contributed by atoms with Crippen LogP contribution in [0.4, 0.5) is 0 Å². The SMILES string of the molecule is CCNC(=NCc1ccccc1CN1CCOCC1)NCCCCN1CCOCC1.I. The number of aliphatic imine (C=N–C) groups is 1. The molecule has 1 aromatic rings. The van der Waals surface area contributed by atoms with Crippen molar-refractivity contribution in [2.24, 2.45) is 4.99 Å². The first kappa shape index (κ1) is 26.3. The third-order valence-corrected chi connectivity index (χ3v) is 5.67. The maximum absolute atomic E-state index is 5.47. The number of hydrogen-bond donors (Lipinski definition) is 2. The fraction of sp³-hybridized carbons (Fsp3) is 0.696. The first-order valence-corrected chi connectivity index (χ1v) is 11.5. The monoisotopic (exact) mass is 545 g/mol. The van der Waals surface area contributed by atoms with Gasteiger partial charge >= 0.3 is 0 Å². The highest BCUT2D eigenvalue weighted by molar-refractivity contribution is 14.0. The average molecular weight is 546 g/mol. The van der Waals surface area contributed by atoms with Gasteiger partial charge in [-0.1, -0.05) is 24.3 Å². The Labute approximate surface area is 205 Å². The Bertz CT molecular complexity index is 634. The lowest BCUT2D eigenvalue weighted by molar-refractivity contribution is 0.0341. The summed E-state index contributed by atoms with van der Waals surface area (Å²) in [5.74, 6) is 0.907. The molecule has 2 saturated heterocycles. The Morgan fingerprint density at radius 2 is 1.55 bits per heavy atom. The minimum Gasteiger partial charge on any atom is -0.379 e. The van der Waals surface area contributed by atoms with E-state index in [1.807, 2.05) is 0 Å². The zero-order valence-electron chi connectivity index (χ0n) is 19.0. The van der Waals surface area contributed by atoms with E-state index in [1.54, 1.807) is 0 Å². The third kappa shape index (κ3) is 10.0. The van der Waals surface area contributed by atoms with Crippen LogP contribution in [0, 0.1) is 0 Å². The number of halogens is 1. The summed E-state index contributed by atoms with van der Waals surface area (Å²) < 4.78 is 10.9. The largest absolute Gasteiger partial charge is 0.379 e. The van der Waals surface area contributed by atoms with Gasteiger partial charge in [0.15, 0.2) is 5.96 Å². The van der Waals surface area contributed by atoms with Crippen LogP contribution >= 0.6 is 24.0 Å². The van der Waals surface area contributed by atoms with Crippen molar-refractivity contribution in [2.75, 3.05) is 72.2 Å². The molecule has 7 nitrogen and oxygen atoms in total. The molecule has 0 saturated carbocycles. The molecule has 0 atom stereocenters. The van der Waals surface area contributed by atoms with E-state index < -0.39 is 0 Å². The van der Waals surface area contributed by atoms with Crippen molar-refractivity contribution in [3.05, 3.63) is 35.4 Å². The van der Waals surface area contributed by atoms with Crippen molar-refractivity contribution >= 4 is 29.9 Å². The maximum Gasteiger partial charge on any atom is 0.191 e. The van der Waals surface area contributed by atoms with Crippen molar-refractivity contribution in [1.29, 1.82) is 0 Å². The summed E-state index contributed by atoms with van der Waals surface area (Å²) in [6.07, 6.45) is 2.35. The van der Waals surface area contributed by atoms with Crippen LogP contribution in [0.2, 0.25) is 0 Å². The number of nitrogens with one attached hydrogen (secondary N) is 2. The van der Waals surface area contributed by atoms with Crippen LogP contribution in [0.3, 0.4) is 0 Å². The van der Waals surface area contributed by atoms with E-state index in [0.717, 1.165) is 91.2 Å². The Morgan fingerprint density at radius 3 is 2.23 bits per heavy atom. The van der Waals surface area contributed by atoms with Crippen molar-refractivity contribution in [2.45, 2.75) is 32.9 Å². The molecule has 2 aliphatic rings. The van der Waals surface area contributed by atoms with Gasteiger partial charge in [0, 0.05) is 45.8 Å². The summed E-state index contributed by atoms with van der Waals surface area (Å²) >= 11 is 0. The van der Waals surface area contributed by atoms with Crippen LogP contribution in [0.5, 0.6) is 0 Å². The molecule has 8 heteroatoms. The molecule has 1 aromatic carbocycles. The number of rotatable bonds is 10. The van der Waals surface area contributed by atoms with Gasteiger partial charge in [-0.15, -0.1) is 24.0 Å². The van der Waals surface area contributed by atoms with Gasteiger partial charge in [-0.2, -0.15) is 0 Å². The number of unbranched alkanes of at least 4 members (excludes halogenated alkanes) is 1. The van der Waals surface area contributed by atoms with Crippen LogP contribution in [0.15, 0.2) is 29.3 Å².